The highest BCUT2D eigenvalue weighted by Gasteiger charge is 2.26. The number of primary amides is 1. The Labute approximate surface area is 116 Å². The molecular weight excluding hydrogens is 260 g/mol. The molecule has 0 unspecified atom stereocenters. The second-order valence-electron chi connectivity index (χ2n) is 5.11. The third-order valence-corrected chi connectivity index (χ3v) is 3.60. The molecule has 0 radical (unpaired) electrons. The number of phenols is 2. The predicted molar refractivity (Wildman–Crippen MR) is 72.2 cm³/mol. The van der Waals surface area contributed by atoms with Crippen molar-refractivity contribution in [3.05, 3.63) is 23.8 Å². The fraction of sp³-hybridized carbons (Fsp3) is 0.429. The summed E-state index contributed by atoms with van der Waals surface area (Å²) in [7, 11) is 0. The van der Waals surface area contributed by atoms with Crippen molar-refractivity contribution >= 4 is 11.8 Å². The Bertz CT molecular complexity index is 522. The Morgan fingerprint density at radius 2 is 1.90 bits per heavy atom. The van der Waals surface area contributed by atoms with E-state index in [1.54, 1.807) is 4.90 Å². The van der Waals surface area contributed by atoms with Crippen LogP contribution in [0.25, 0.3) is 0 Å². The van der Waals surface area contributed by atoms with Gasteiger partial charge in [-0.1, -0.05) is 0 Å². The van der Waals surface area contributed by atoms with Crippen molar-refractivity contribution in [1.29, 1.82) is 0 Å². The van der Waals surface area contributed by atoms with Crippen LogP contribution in [-0.4, -0.2) is 40.0 Å². The summed E-state index contributed by atoms with van der Waals surface area (Å²) in [5.74, 6) is -0.618. The SMILES string of the molecule is NC(=O)CC1CCN(C(=O)c2cc(O)ccc2O)CC1. The molecule has 6 heteroatoms. The van der Waals surface area contributed by atoms with E-state index < -0.39 is 0 Å². The maximum atomic E-state index is 12.3. The van der Waals surface area contributed by atoms with Gasteiger partial charge in [-0.05, 0) is 37.0 Å². The summed E-state index contributed by atoms with van der Waals surface area (Å²) in [6.07, 6.45) is 1.78. The van der Waals surface area contributed by atoms with Crippen molar-refractivity contribution in [3.63, 3.8) is 0 Å². The topological polar surface area (TPSA) is 104 Å². The number of carbonyl (C=O) groups is 2. The van der Waals surface area contributed by atoms with Crippen molar-refractivity contribution in [2.75, 3.05) is 13.1 Å². The largest absolute Gasteiger partial charge is 0.508 e. The number of aromatic hydroxyl groups is 2. The van der Waals surface area contributed by atoms with Crippen molar-refractivity contribution in [3.8, 4) is 11.5 Å². The number of nitrogens with two attached hydrogens (primary N) is 1. The summed E-state index contributed by atoms with van der Waals surface area (Å²) >= 11 is 0. The predicted octanol–water partition coefficient (Wildman–Crippen LogP) is 0.825. The van der Waals surface area contributed by atoms with Crippen LogP contribution in [0.3, 0.4) is 0 Å². The van der Waals surface area contributed by atoms with Crippen LogP contribution in [0.15, 0.2) is 18.2 Å². The average molecular weight is 278 g/mol. The molecule has 2 rings (SSSR count). The number of hydrogen-bond acceptors (Lipinski definition) is 4. The average Bonchev–Trinajstić information content (AvgIpc) is 2.41. The molecule has 0 saturated carbocycles. The number of carbonyl (C=O) groups excluding carboxylic acids is 2. The summed E-state index contributed by atoms with van der Waals surface area (Å²) < 4.78 is 0. The Morgan fingerprint density at radius 1 is 1.25 bits per heavy atom. The highest BCUT2D eigenvalue weighted by Crippen LogP contribution is 2.26. The van der Waals surface area contributed by atoms with Crippen molar-refractivity contribution < 1.29 is 19.8 Å². The number of piperidine rings is 1. The first kappa shape index (κ1) is 14.2. The van der Waals surface area contributed by atoms with Crippen LogP contribution in [0, 0.1) is 5.92 Å². The van der Waals surface area contributed by atoms with Gasteiger partial charge in [-0.25, -0.2) is 0 Å². The highest BCUT2D eigenvalue weighted by molar-refractivity contribution is 5.97. The minimum absolute atomic E-state index is 0.0604. The molecule has 2 amide bonds. The van der Waals surface area contributed by atoms with Crippen LogP contribution in [0.2, 0.25) is 0 Å². The molecule has 1 aromatic rings. The normalized spacial score (nSPS) is 16.1. The van der Waals surface area contributed by atoms with Crippen LogP contribution < -0.4 is 5.73 Å². The van der Waals surface area contributed by atoms with Gasteiger partial charge in [0.25, 0.3) is 5.91 Å². The maximum absolute atomic E-state index is 12.3. The zero-order valence-corrected chi connectivity index (χ0v) is 11.1. The minimum Gasteiger partial charge on any atom is -0.508 e. The first-order valence-electron chi connectivity index (χ1n) is 6.57. The zero-order valence-electron chi connectivity index (χ0n) is 11.1. The third-order valence-electron chi connectivity index (χ3n) is 3.60. The van der Waals surface area contributed by atoms with E-state index in [-0.39, 0.29) is 34.8 Å². The number of rotatable bonds is 3. The number of hydrogen-bond donors (Lipinski definition) is 3. The molecule has 0 bridgehead atoms. The third kappa shape index (κ3) is 3.20. The van der Waals surface area contributed by atoms with Crippen LogP contribution in [0.5, 0.6) is 11.5 Å². The second kappa shape index (κ2) is 5.81. The van der Waals surface area contributed by atoms with Crippen LogP contribution >= 0.6 is 0 Å². The lowest BCUT2D eigenvalue weighted by Crippen LogP contribution is -2.39. The van der Waals surface area contributed by atoms with Crippen molar-refractivity contribution in [2.24, 2.45) is 11.7 Å². The Kier molecular flexibility index (Phi) is 4.12. The van der Waals surface area contributed by atoms with Gasteiger partial charge in [0.15, 0.2) is 0 Å². The minimum atomic E-state index is -0.319. The molecule has 1 saturated heterocycles. The van der Waals surface area contributed by atoms with Crippen LogP contribution in [0.1, 0.15) is 29.6 Å². The molecule has 20 heavy (non-hydrogen) atoms. The molecule has 1 aliphatic heterocycles. The first-order chi connectivity index (χ1) is 9.47. The van der Waals surface area contributed by atoms with E-state index in [0.717, 1.165) is 0 Å². The number of phenolic OH excluding ortho intramolecular Hbond substituents is 2. The number of amides is 2. The monoisotopic (exact) mass is 278 g/mol. The van der Waals surface area contributed by atoms with Crippen molar-refractivity contribution in [2.45, 2.75) is 19.3 Å². The summed E-state index contributed by atoms with van der Waals surface area (Å²) in [4.78, 5) is 24.7. The Balaban J connectivity index is 2.01. The number of benzene rings is 1. The molecule has 0 aliphatic carbocycles. The Hall–Kier alpha value is -2.24. The quantitative estimate of drug-likeness (QED) is 0.712. The van der Waals surface area contributed by atoms with Gasteiger partial charge in [0.05, 0.1) is 5.56 Å². The van der Waals surface area contributed by atoms with E-state index in [1.165, 1.54) is 18.2 Å². The van der Waals surface area contributed by atoms with E-state index in [9.17, 15) is 19.8 Å². The van der Waals surface area contributed by atoms with E-state index in [1.807, 2.05) is 0 Å². The lowest BCUT2D eigenvalue weighted by molar-refractivity contribution is -0.119. The van der Waals surface area contributed by atoms with Gasteiger partial charge in [0.1, 0.15) is 11.5 Å². The summed E-state index contributed by atoms with van der Waals surface area (Å²) in [6.45, 7) is 1.04. The summed E-state index contributed by atoms with van der Waals surface area (Å²) in [5.41, 5.74) is 5.26. The molecule has 1 fully saturated rings. The second-order valence-corrected chi connectivity index (χ2v) is 5.11. The van der Waals surface area contributed by atoms with Crippen LogP contribution in [-0.2, 0) is 4.79 Å². The molecule has 1 heterocycles. The highest BCUT2D eigenvalue weighted by atomic mass is 16.3. The van der Waals surface area contributed by atoms with Crippen molar-refractivity contribution in [1.82, 2.24) is 4.90 Å². The lowest BCUT2D eigenvalue weighted by atomic mass is 9.93. The zero-order chi connectivity index (χ0) is 14.7. The molecular formula is C14H18N2O4. The molecule has 108 valence electrons. The number of nitrogens with zero attached hydrogens (tertiary/aromatic N) is 1. The van der Waals surface area contributed by atoms with Gasteiger partial charge in [-0.2, -0.15) is 0 Å². The Morgan fingerprint density at radius 3 is 2.50 bits per heavy atom. The summed E-state index contributed by atoms with van der Waals surface area (Å²) in [6, 6.07) is 3.88. The van der Waals surface area contributed by atoms with Gasteiger partial charge in [-0.15, -0.1) is 0 Å². The number of likely N-dealkylation sites (tertiary alicyclic amines) is 1. The molecule has 0 spiro atoms. The van der Waals surface area contributed by atoms with Gasteiger partial charge in [-0.3, -0.25) is 9.59 Å². The molecule has 6 nitrogen and oxygen atoms in total. The van der Waals surface area contributed by atoms with Crippen LogP contribution in [0.4, 0.5) is 0 Å². The molecule has 1 aliphatic rings. The van der Waals surface area contributed by atoms with Gasteiger partial charge in [0.2, 0.25) is 5.91 Å². The van der Waals surface area contributed by atoms with Gasteiger partial charge < -0.3 is 20.8 Å². The molecule has 0 atom stereocenters. The van der Waals surface area contributed by atoms with Gasteiger partial charge >= 0.3 is 0 Å². The maximum Gasteiger partial charge on any atom is 0.257 e. The fourth-order valence-corrected chi connectivity index (χ4v) is 2.49. The van der Waals surface area contributed by atoms with E-state index in [2.05, 4.69) is 0 Å². The molecule has 1 aromatic carbocycles. The standard InChI is InChI=1S/C14H18N2O4/c15-13(19)7-9-3-5-16(6-4-9)14(20)11-8-10(17)1-2-12(11)18/h1-2,8-9,17-18H,3-7H2,(H2,15,19). The van der Waals surface area contributed by atoms with Gasteiger partial charge in [0, 0.05) is 19.5 Å². The molecule has 4 N–H and O–H groups in total. The van der Waals surface area contributed by atoms with E-state index in [4.69, 9.17) is 5.73 Å². The molecule has 0 aromatic heterocycles. The smallest absolute Gasteiger partial charge is 0.257 e. The van der Waals surface area contributed by atoms with E-state index >= 15 is 0 Å². The summed E-state index contributed by atoms with van der Waals surface area (Å²) in [5, 5.41) is 19.1. The fourth-order valence-electron chi connectivity index (χ4n) is 2.49. The van der Waals surface area contributed by atoms with E-state index in [0.29, 0.717) is 32.4 Å². The lowest BCUT2D eigenvalue weighted by Gasteiger charge is -2.31. The first-order valence-corrected chi connectivity index (χ1v) is 6.57.